The summed E-state index contributed by atoms with van der Waals surface area (Å²) in [7, 11) is 0. The van der Waals surface area contributed by atoms with Crippen molar-refractivity contribution in [2.24, 2.45) is 0 Å². The molecule has 0 aliphatic carbocycles. The number of benzene rings is 1. The van der Waals surface area contributed by atoms with Crippen LogP contribution in [0.15, 0.2) is 24.3 Å². The maximum absolute atomic E-state index is 13.0. The van der Waals surface area contributed by atoms with Gasteiger partial charge in [-0.05, 0) is 69.5 Å². The van der Waals surface area contributed by atoms with Gasteiger partial charge in [0.1, 0.15) is 5.69 Å². The van der Waals surface area contributed by atoms with Crippen LogP contribution in [0.3, 0.4) is 0 Å². The molecular formula is C23H30ClN3O2. The van der Waals surface area contributed by atoms with Crippen molar-refractivity contribution in [2.45, 2.75) is 52.5 Å². The van der Waals surface area contributed by atoms with Gasteiger partial charge in [-0.15, -0.1) is 0 Å². The molecule has 1 atom stereocenters. The second-order valence-electron chi connectivity index (χ2n) is 7.81. The number of hydrogen-bond acceptors (Lipinski definition) is 3. The molecule has 29 heavy (non-hydrogen) atoms. The number of amides is 1. The molecule has 1 aliphatic heterocycles. The zero-order valence-corrected chi connectivity index (χ0v) is 18.2. The average molecular weight is 416 g/mol. The number of nitrogens with one attached hydrogen (secondary N) is 2. The van der Waals surface area contributed by atoms with Crippen molar-refractivity contribution >= 4 is 23.3 Å². The Hall–Kier alpha value is -2.11. The Morgan fingerprint density at radius 2 is 2.00 bits per heavy atom. The largest absolute Gasteiger partial charge is 0.354 e. The Bertz CT molecular complexity index is 884. The quantitative estimate of drug-likeness (QED) is 0.614. The van der Waals surface area contributed by atoms with Crippen LogP contribution in [0.4, 0.5) is 0 Å². The van der Waals surface area contributed by atoms with Crippen molar-refractivity contribution in [3.05, 3.63) is 57.4 Å². The van der Waals surface area contributed by atoms with Crippen molar-refractivity contribution in [1.82, 2.24) is 15.2 Å². The fraction of sp³-hybridized carbons (Fsp3) is 0.478. The fourth-order valence-corrected chi connectivity index (χ4v) is 4.55. The maximum atomic E-state index is 13.0. The SMILES string of the molecule is CCCc1c(C(=O)NCC(c2cccc(Cl)c2)N2CCCC2)[nH]c(C)c1C(C)=O. The van der Waals surface area contributed by atoms with Gasteiger partial charge in [0.15, 0.2) is 5.78 Å². The topological polar surface area (TPSA) is 65.2 Å². The summed E-state index contributed by atoms with van der Waals surface area (Å²) in [6, 6.07) is 7.95. The van der Waals surface area contributed by atoms with Crippen LogP contribution < -0.4 is 5.32 Å². The summed E-state index contributed by atoms with van der Waals surface area (Å²) in [6.07, 6.45) is 3.91. The first kappa shape index (κ1) is 21.6. The molecule has 2 aromatic rings. The zero-order chi connectivity index (χ0) is 21.0. The second-order valence-corrected chi connectivity index (χ2v) is 8.25. The lowest BCUT2D eigenvalue weighted by Crippen LogP contribution is -2.37. The first-order valence-electron chi connectivity index (χ1n) is 10.4. The molecule has 1 saturated heterocycles. The summed E-state index contributed by atoms with van der Waals surface area (Å²) >= 11 is 6.22. The molecule has 5 nitrogen and oxygen atoms in total. The summed E-state index contributed by atoms with van der Waals surface area (Å²) in [4.78, 5) is 30.7. The average Bonchev–Trinajstić information content (AvgIpc) is 3.30. The van der Waals surface area contributed by atoms with E-state index in [0.717, 1.165) is 36.3 Å². The summed E-state index contributed by atoms with van der Waals surface area (Å²) < 4.78 is 0. The molecule has 1 aromatic carbocycles. The second kappa shape index (κ2) is 9.59. The van der Waals surface area contributed by atoms with E-state index in [1.807, 2.05) is 25.1 Å². The number of Topliss-reactive ketones (excluding diaryl/α,β-unsaturated/α-hetero) is 1. The highest BCUT2D eigenvalue weighted by Crippen LogP contribution is 2.27. The number of rotatable bonds is 8. The van der Waals surface area contributed by atoms with E-state index in [0.29, 0.717) is 29.2 Å². The number of aryl methyl sites for hydroxylation is 1. The highest BCUT2D eigenvalue weighted by Gasteiger charge is 2.26. The number of carbonyl (C=O) groups excluding carboxylic acids is 2. The van der Waals surface area contributed by atoms with Crippen LogP contribution in [0, 0.1) is 6.92 Å². The highest BCUT2D eigenvalue weighted by atomic mass is 35.5. The van der Waals surface area contributed by atoms with E-state index in [9.17, 15) is 9.59 Å². The molecule has 0 bridgehead atoms. The van der Waals surface area contributed by atoms with Gasteiger partial charge in [-0.1, -0.05) is 37.1 Å². The van der Waals surface area contributed by atoms with Gasteiger partial charge >= 0.3 is 0 Å². The minimum absolute atomic E-state index is 0.00452. The maximum Gasteiger partial charge on any atom is 0.268 e. The number of aromatic amines is 1. The Balaban J connectivity index is 1.82. The first-order valence-corrected chi connectivity index (χ1v) is 10.8. The third-order valence-electron chi connectivity index (χ3n) is 5.64. The van der Waals surface area contributed by atoms with Gasteiger partial charge in [0.25, 0.3) is 5.91 Å². The predicted octanol–water partition coefficient (Wildman–Crippen LogP) is 4.70. The van der Waals surface area contributed by atoms with Crippen LogP contribution in [0.1, 0.15) is 76.8 Å². The normalized spacial score (nSPS) is 15.4. The molecular weight excluding hydrogens is 386 g/mol. The number of halogens is 1. The van der Waals surface area contributed by atoms with Gasteiger partial charge in [-0.25, -0.2) is 0 Å². The van der Waals surface area contributed by atoms with Crippen LogP contribution in [0.25, 0.3) is 0 Å². The molecule has 3 rings (SSSR count). The van der Waals surface area contributed by atoms with Gasteiger partial charge < -0.3 is 10.3 Å². The lowest BCUT2D eigenvalue weighted by atomic mass is 10.0. The van der Waals surface area contributed by atoms with Gasteiger partial charge in [0.2, 0.25) is 0 Å². The molecule has 0 spiro atoms. The van der Waals surface area contributed by atoms with E-state index < -0.39 is 0 Å². The van der Waals surface area contributed by atoms with E-state index >= 15 is 0 Å². The van der Waals surface area contributed by atoms with Crippen molar-refractivity contribution in [1.29, 1.82) is 0 Å². The Kier molecular flexibility index (Phi) is 7.14. The molecule has 0 saturated carbocycles. The van der Waals surface area contributed by atoms with Crippen LogP contribution in [0.2, 0.25) is 5.02 Å². The fourth-order valence-electron chi connectivity index (χ4n) is 4.35. The van der Waals surface area contributed by atoms with Crippen molar-refractivity contribution in [3.63, 3.8) is 0 Å². The monoisotopic (exact) mass is 415 g/mol. The van der Waals surface area contributed by atoms with Crippen molar-refractivity contribution in [2.75, 3.05) is 19.6 Å². The zero-order valence-electron chi connectivity index (χ0n) is 17.5. The molecule has 1 amide bonds. The van der Waals surface area contributed by atoms with Crippen LogP contribution >= 0.6 is 11.6 Å². The smallest absolute Gasteiger partial charge is 0.268 e. The summed E-state index contributed by atoms with van der Waals surface area (Å²) in [5.74, 6) is -0.162. The third-order valence-corrected chi connectivity index (χ3v) is 5.88. The van der Waals surface area contributed by atoms with Crippen molar-refractivity contribution < 1.29 is 9.59 Å². The Morgan fingerprint density at radius 1 is 1.28 bits per heavy atom. The number of ketones is 1. The Labute approximate surface area is 177 Å². The van der Waals surface area contributed by atoms with Gasteiger partial charge in [0, 0.05) is 22.8 Å². The first-order chi connectivity index (χ1) is 13.9. The van der Waals surface area contributed by atoms with E-state index in [1.54, 1.807) is 6.92 Å². The molecule has 2 N–H and O–H groups in total. The van der Waals surface area contributed by atoms with E-state index in [1.165, 1.54) is 12.8 Å². The number of hydrogen-bond donors (Lipinski definition) is 2. The van der Waals surface area contributed by atoms with Crippen LogP contribution in [-0.4, -0.2) is 41.2 Å². The van der Waals surface area contributed by atoms with Gasteiger partial charge in [0.05, 0.1) is 6.04 Å². The number of H-pyrrole nitrogens is 1. The molecule has 1 unspecified atom stereocenters. The standard InChI is InChI=1S/C23H30ClN3O2/c1-4-8-19-21(16(3)28)15(2)26-22(19)23(29)25-14-20(27-11-5-6-12-27)17-9-7-10-18(24)13-17/h7,9-10,13,20,26H,4-6,8,11-12,14H2,1-3H3,(H,25,29). The van der Waals surface area contributed by atoms with Gasteiger partial charge in [-0.3, -0.25) is 14.5 Å². The lowest BCUT2D eigenvalue weighted by Gasteiger charge is -2.28. The van der Waals surface area contributed by atoms with Crippen molar-refractivity contribution in [3.8, 4) is 0 Å². The predicted molar refractivity (Wildman–Crippen MR) is 117 cm³/mol. The number of likely N-dealkylation sites (tertiary alicyclic amines) is 1. The molecule has 1 fully saturated rings. The number of carbonyl (C=O) groups is 2. The molecule has 0 radical (unpaired) electrons. The Morgan fingerprint density at radius 3 is 2.62 bits per heavy atom. The molecule has 1 aliphatic rings. The van der Waals surface area contributed by atoms with E-state index in [-0.39, 0.29) is 17.7 Å². The molecule has 2 heterocycles. The highest BCUT2D eigenvalue weighted by molar-refractivity contribution is 6.30. The van der Waals surface area contributed by atoms with Crippen LogP contribution in [-0.2, 0) is 6.42 Å². The number of nitrogens with zero attached hydrogens (tertiary/aromatic N) is 1. The summed E-state index contributed by atoms with van der Waals surface area (Å²) in [5.41, 5.74) is 3.87. The van der Waals surface area contributed by atoms with Crippen LogP contribution in [0.5, 0.6) is 0 Å². The summed E-state index contributed by atoms with van der Waals surface area (Å²) in [5, 5.41) is 3.81. The lowest BCUT2D eigenvalue weighted by molar-refractivity contribution is 0.0932. The minimum Gasteiger partial charge on any atom is -0.354 e. The summed E-state index contributed by atoms with van der Waals surface area (Å²) in [6.45, 7) is 7.99. The molecule has 156 valence electrons. The third kappa shape index (κ3) is 4.90. The minimum atomic E-state index is -0.157. The van der Waals surface area contributed by atoms with Gasteiger partial charge in [-0.2, -0.15) is 0 Å². The van der Waals surface area contributed by atoms with E-state index in [2.05, 4.69) is 28.2 Å². The van der Waals surface area contributed by atoms with E-state index in [4.69, 9.17) is 11.6 Å². The molecule has 1 aromatic heterocycles. The number of aromatic nitrogens is 1. The molecule has 6 heteroatoms.